The fourth-order valence-corrected chi connectivity index (χ4v) is 10.3. The number of hydrogen-bond acceptors (Lipinski definition) is 7. The quantitative estimate of drug-likeness (QED) is 0.272. The molecule has 1 saturated heterocycles. The molecule has 1 heterocycles. The molecular formula is C35H54O7. The van der Waals surface area contributed by atoms with Gasteiger partial charge in [0.25, 0.3) is 0 Å². The highest BCUT2D eigenvalue weighted by Gasteiger charge is 2.64. The lowest BCUT2D eigenvalue weighted by Crippen LogP contribution is -2.55. The summed E-state index contributed by atoms with van der Waals surface area (Å²) in [5.41, 5.74) is 4.05. The zero-order chi connectivity index (χ0) is 30.8. The third-order valence-electron chi connectivity index (χ3n) is 13.1. The Bertz CT molecular complexity index is 1150. The molecular weight excluding hydrogens is 532 g/mol. The molecule has 0 aromatic rings. The van der Waals surface area contributed by atoms with Crippen molar-refractivity contribution < 1.29 is 34.4 Å². The number of ketones is 1. The maximum absolute atomic E-state index is 13.9. The van der Waals surface area contributed by atoms with Gasteiger partial charge in [-0.15, -0.1) is 0 Å². The van der Waals surface area contributed by atoms with Crippen molar-refractivity contribution in [3.05, 3.63) is 22.8 Å². The van der Waals surface area contributed by atoms with Crippen LogP contribution >= 0.6 is 0 Å². The molecule has 7 heteroatoms. The maximum Gasteiger partial charge on any atom is 0.311 e. The molecule has 0 spiro atoms. The minimum Gasteiger partial charge on any atom is -0.433 e. The Morgan fingerprint density at radius 3 is 2.38 bits per heavy atom. The number of carbonyl (C=O) groups is 2. The van der Waals surface area contributed by atoms with E-state index in [2.05, 4.69) is 54.5 Å². The smallest absolute Gasteiger partial charge is 0.311 e. The van der Waals surface area contributed by atoms with Gasteiger partial charge in [0, 0.05) is 11.8 Å². The van der Waals surface area contributed by atoms with E-state index >= 15 is 0 Å². The normalized spacial score (nSPS) is 43.6. The summed E-state index contributed by atoms with van der Waals surface area (Å²) in [5.74, 6) is 0.142. The molecule has 236 valence electrons. The first-order chi connectivity index (χ1) is 19.6. The van der Waals surface area contributed by atoms with E-state index < -0.39 is 24.6 Å². The molecule has 0 aromatic carbocycles. The zero-order valence-corrected chi connectivity index (χ0v) is 26.9. The number of rotatable bonds is 6. The topological polar surface area (TPSA) is 113 Å². The lowest BCUT2D eigenvalue weighted by atomic mass is 9.43. The van der Waals surface area contributed by atoms with Crippen LogP contribution in [-0.2, 0) is 19.1 Å². The van der Waals surface area contributed by atoms with Crippen LogP contribution in [0.2, 0.25) is 0 Å². The lowest BCUT2D eigenvalue weighted by molar-refractivity contribution is -0.265. The molecule has 3 N–H and O–H groups in total. The number of esters is 1. The van der Waals surface area contributed by atoms with Gasteiger partial charge in [0.2, 0.25) is 6.29 Å². The summed E-state index contributed by atoms with van der Waals surface area (Å²) in [6, 6.07) is 0. The summed E-state index contributed by atoms with van der Waals surface area (Å²) in [6.07, 6.45) is 5.79. The van der Waals surface area contributed by atoms with Gasteiger partial charge < -0.3 is 24.8 Å². The van der Waals surface area contributed by atoms with Gasteiger partial charge >= 0.3 is 5.97 Å². The van der Waals surface area contributed by atoms with Crippen LogP contribution in [0.3, 0.4) is 0 Å². The number of fused-ring (bicyclic) bond motifs is 4. The van der Waals surface area contributed by atoms with Gasteiger partial charge in [0.15, 0.2) is 0 Å². The minimum atomic E-state index is -1.49. The number of carbonyl (C=O) groups excluding carboxylic acids is 2. The Kier molecular flexibility index (Phi) is 8.44. The first kappa shape index (κ1) is 31.9. The highest BCUT2D eigenvalue weighted by molar-refractivity contribution is 5.85. The third kappa shape index (κ3) is 4.85. The molecule has 2 saturated carbocycles. The molecule has 0 unspecified atom stereocenters. The molecule has 7 nitrogen and oxygen atoms in total. The van der Waals surface area contributed by atoms with Crippen LogP contribution in [0.25, 0.3) is 0 Å². The molecule has 0 radical (unpaired) electrons. The van der Waals surface area contributed by atoms with Crippen molar-refractivity contribution in [1.82, 2.24) is 0 Å². The Labute approximate surface area is 252 Å². The fourth-order valence-electron chi connectivity index (χ4n) is 10.3. The molecule has 42 heavy (non-hydrogen) atoms. The lowest BCUT2D eigenvalue weighted by Gasteiger charge is -2.60. The van der Waals surface area contributed by atoms with Crippen molar-refractivity contribution in [2.45, 2.75) is 137 Å². The molecule has 5 aliphatic rings. The van der Waals surface area contributed by atoms with Crippen molar-refractivity contribution in [2.75, 3.05) is 6.61 Å². The van der Waals surface area contributed by atoms with E-state index in [1.165, 1.54) is 5.57 Å². The largest absolute Gasteiger partial charge is 0.433 e. The Hall–Kier alpha value is -1.54. The molecule has 0 aromatic heterocycles. The van der Waals surface area contributed by atoms with Gasteiger partial charge in [-0.1, -0.05) is 57.4 Å². The van der Waals surface area contributed by atoms with Gasteiger partial charge in [-0.3, -0.25) is 9.59 Å². The molecule has 3 fully saturated rings. The van der Waals surface area contributed by atoms with E-state index in [-0.39, 0.29) is 46.1 Å². The standard InChI is InChI=1S/C35H54O7/c1-20(2)9-8-10-21(30(40)42-31-29(39)28(38)25(36)19-41-31)22-13-17-35(7)24-11-12-26-32(3,4)27(37)15-16-33(26,5)23(24)14-18-34(22,35)6/h9,21-22,25-26,28-29,31,36,38-39H,8,10-19H2,1-7H3/t21-,22-,25-,26+,28+,29+,31+,33-,34-,35+/m1/s1. The van der Waals surface area contributed by atoms with E-state index in [9.17, 15) is 24.9 Å². The van der Waals surface area contributed by atoms with Crippen LogP contribution < -0.4 is 0 Å². The summed E-state index contributed by atoms with van der Waals surface area (Å²) >= 11 is 0. The van der Waals surface area contributed by atoms with Crippen molar-refractivity contribution in [3.8, 4) is 0 Å². The van der Waals surface area contributed by atoms with Crippen molar-refractivity contribution in [2.24, 2.45) is 39.4 Å². The molecule has 5 rings (SSSR count). The summed E-state index contributed by atoms with van der Waals surface area (Å²) in [5, 5.41) is 30.5. The number of hydrogen-bond donors (Lipinski definition) is 3. The average molecular weight is 587 g/mol. The predicted molar refractivity (Wildman–Crippen MR) is 160 cm³/mol. The predicted octanol–water partition coefficient (Wildman–Crippen LogP) is 5.65. The summed E-state index contributed by atoms with van der Waals surface area (Å²) in [7, 11) is 0. The second-order valence-electron chi connectivity index (χ2n) is 15.7. The monoisotopic (exact) mass is 586 g/mol. The Morgan fingerprint density at radius 2 is 1.69 bits per heavy atom. The number of ether oxygens (including phenoxy) is 2. The van der Waals surface area contributed by atoms with E-state index in [0.29, 0.717) is 24.5 Å². The van der Waals surface area contributed by atoms with Crippen LogP contribution in [-0.4, -0.2) is 58.3 Å². The number of aliphatic hydroxyl groups excluding tert-OH is 3. The maximum atomic E-state index is 13.9. The van der Waals surface area contributed by atoms with Gasteiger partial charge in [0.05, 0.1) is 12.5 Å². The second kappa shape index (κ2) is 11.1. The first-order valence-corrected chi connectivity index (χ1v) is 16.3. The molecule has 10 atom stereocenters. The third-order valence-corrected chi connectivity index (χ3v) is 13.1. The summed E-state index contributed by atoms with van der Waals surface area (Å²) < 4.78 is 11.3. The summed E-state index contributed by atoms with van der Waals surface area (Å²) in [6.45, 7) is 15.5. The number of allylic oxidation sites excluding steroid dienone is 4. The second-order valence-corrected chi connectivity index (χ2v) is 15.7. The fraction of sp³-hybridized carbons (Fsp3) is 0.829. The van der Waals surface area contributed by atoms with Crippen LogP contribution in [0.1, 0.15) is 113 Å². The zero-order valence-electron chi connectivity index (χ0n) is 26.9. The first-order valence-electron chi connectivity index (χ1n) is 16.3. The van der Waals surface area contributed by atoms with Crippen molar-refractivity contribution >= 4 is 11.8 Å². The van der Waals surface area contributed by atoms with Crippen LogP contribution in [0.15, 0.2) is 22.8 Å². The average Bonchev–Trinajstić information content (AvgIpc) is 3.20. The van der Waals surface area contributed by atoms with E-state index in [4.69, 9.17) is 9.47 Å². The molecule has 0 bridgehead atoms. The van der Waals surface area contributed by atoms with Gasteiger partial charge in [-0.05, 0) is 99.7 Å². The van der Waals surface area contributed by atoms with Crippen LogP contribution in [0.5, 0.6) is 0 Å². The highest BCUT2D eigenvalue weighted by atomic mass is 16.7. The minimum absolute atomic E-state index is 0.0268. The molecule has 0 amide bonds. The van der Waals surface area contributed by atoms with Gasteiger partial charge in [0.1, 0.15) is 24.1 Å². The number of Topliss-reactive ketones (excluding diaryl/α,β-unsaturated/α-hetero) is 1. The Balaban J connectivity index is 1.45. The highest BCUT2D eigenvalue weighted by Crippen LogP contribution is 2.72. The SMILES string of the molecule is CC(C)=CCC[C@@H](C(=O)O[C@@H]1OC[C@@H](O)[C@H](O)[C@@H]1O)[C@H]1CC[C@@]2(C)C3=C(CC[C@]12C)[C@@]1(C)CCC(=O)C(C)(C)[C@@H]1CC3. The Morgan fingerprint density at radius 1 is 0.976 bits per heavy atom. The van der Waals surface area contributed by atoms with E-state index in [0.717, 1.165) is 51.4 Å². The van der Waals surface area contributed by atoms with Gasteiger partial charge in [-0.25, -0.2) is 0 Å². The molecule has 4 aliphatic carbocycles. The van der Waals surface area contributed by atoms with Crippen molar-refractivity contribution in [1.29, 1.82) is 0 Å². The van der Waals surface area contributed by atoms with Gasteiger partial charge in [-0.2, -0.15) is 0 Å². The summed E-state index contributed by atoms with van der Waals surface area (Å²) in [4.78, 5) is 26.9. The van der Waals surface area contributed by atoms with Crippen LogP contribution in [0, 0.1) is 39.4 Å². The molecule has 1 aliphatic heterocycles. The van der Waals surface area contributed by atoms with Crippen LogP contribution in [0.4, 0.5) is 0 Å². The van der Waals surface area contributed by atoms with E-state index in [1.807, 2.05) is 0 Å². The van der Waals surface area contributed by atoms with Crippen molar-refractivity contribution in [3.63, 3.8) is 0 Å². The van der Waals surface area contributed by atoms with E-state index in [1.54, 1.807) is 11.1 Å². The number of aliphatic hydroxyl groups is 3.